The van der Waals surface area contributed by atoms with Crippen molar-refractivity contribution >= 4 is 27.3 Å². The van der Waals surface area contributed by atoms with Crippen LogP contribution in [-0.2, 0) is 24.3 Å². The lowest BCUT2D eigenvalue weighted by Crippen LogP contribution is -2.21. The zero-order valence-corrected chi connectivity index (χ0v) is 14.1. The Bertz CT molecular complexity index is 617. The summed E-state index contributed by atoms with van der Waals surface area (Å²) in [6, 6.07) is 0.481. The van der Waals surface area contributed by atoms with Crippen molar-refractivity contribution in [3.63, 3.8) is 0 Å². The summed E-state index contributed by atoms with van der Waals surface area (Å²) in [4.78, 5) is 8.58. The van der Waals surface area contributed by atoms with Crippen LogP contribution < -0.4 is 0 Å². The highest BCUT2D eigenvalue weighted by Gasteiger charge is 2.26. The van der Waals surface area contributed by atoms with E-state index in [-0.39, 0.29) is 0 Å². The van der Waals surface area contributed by atoms with Gasteiger partial charge < -0.3 is 4.74 Å². The Morgan fingerprint density at radius 1 is 1.48 bits per heavy atom. The molecule has 2 aromatic heterocycles. The Kier molecular flexibility index (Phi) is 3.83. The highest BCUT2D eigenvalue weighted by atomic mass is 79.9. The van der Waals surface area contributed by atoms with E-state index in [4.69, 9.17) is 9.72 Å². The van der Waals surface area contributed by atoms with Gasteiger partial charge in [0, 0.05) is 25.7 Å². The molecule has 1 unspecified atom stereocenters. The van der Waals surface area contributed by atoms with Crippen LogP contribution in [0.2, 0.25) is 0 Å². The van der Waals surface area contributed by atoms with Crippen molar-refractivity contribution in [3.05, 3.63) is 32.4 Å². The Morgan fingerprint density at radius 3 is 3.24 bits per heavy atom. The third-order valence-electron chi connectivity index (χ3n) is 4.09. The summed E-state index contributed by atoms with van der Waals surface area (Å²) < 4.78 is 8.62. The molecule has 0 aliphatic carbocycles. The molecule has 5 nitrogen and oxygen atoms in total. The van der Waals surface area contributed by atoms with Crippen LogP contribution in [0.3, 0.4) is 0 Å². The van der Waals surface area contributed by atoms with Gasteiger partial charge in [-0.05, 0) is 22.4 Å². The van der Waals surface area contributed by atoms with Crippen molar-refractivity contribution in [2.24, 2.45) is 0 Å². The largest absolute Gasteiger partial charge is 0.375 e. The lowest BCUT2D eigenvalue weighted by Gasteiger charge is -2.14. The van der Waals surface area contributed by atoms with Crippen LogP contribution in [0.1, 0.15) is 28.0 Å². The summed E-state index contributed by atoms with van der Waals surface area (Å²) >= 11 is 5.28. The van der Waals surface area contributed by atoms with Gasteiger partial charge in [0.1, 0.15) is 5.01 Å². The van der Waals surface area contributed by atoms with Gasteiger partial charge in [-0.3, -0.25) is 9.58 Å². The third-order valence-corrected chi connectivity index (χ3v) is 5.55. The van der Waals surface area contributed by atoms with Gasteiger partial charge in [-0.1, -0.05) is 0 Å². The lowest BCUT2D eigenvalue weighted by atomic mass is 10.2. The zero-order valence-electron chi connectivity index (χ0n) is 11.7. The summed E-state index contributed by atoms with van der Waals surface area (Å²) in [7, 11) is 0. The van der Waals surface area contributed by atoms with Gasteiger partial charge in [0.25, 0.3) is 0 Å². The summed E-state index contributed by atoms with van der Waals surface area (Å²) in [5.74, 6) is 0. The number of fused-ring (bicyclic) bond motifs is 1. The second kappa shape index (κ2) is 5.79. The van der Waals surface area contributed by atoms with E-state index >= 15 is 0 Å². The van der Waals surface area contributed by atoms with Crippen LogP contribution in [0.4, 0.5) is 0 Å². The first-order valence-electron chi connectivity index (χ1n) is 7.25. The Balaban J connectivity index is 1.41. The predicted octanol–water partition coefficient (Wildman–Crippen LogP) is 2.62. The summed E-state index contributed by atoms with van der Waals surface area (Å²) in [5, 5.41) is 5.64. The van der Waals surface area contributed by atoms with Crippen molar-refractivity contribution in [1.29, 1.82) is 0 Å². The molecule has 1 fully saturated rings. The number of halogens is 1. The zero-order chi connectivity index (χ0) is 14.2. The first-order chi connectivity index (χ1) is 10.3. The number of aromatic nitrogens is 3. The van der Waals surface area contributed by atoms with Crippen LogP contribution in [0.15, 0.2) is 16.9 Å². The van der Waals surface area contributed by atoms with E-state index in [0.29, 0.717) is 6.04 Å². The van der Waals surface area contributed by atoms with Gasteiger partial charge in [-0.25, -0.2) is 4.98 Å². The van der Waals surface area contributed by atoms with Crippen LogP contribution in [-0.4, -0.2) is 39.4 Å². The van der Waals surface area contributed by atoms with E-state index in [0.717, 1.165) is 50.2 Å². The molecular weight excluding hydrogens is 352 g/mol. The van der Waals surface area contributed by atoms with Crippen molar-refractivity contribution in [3.8, 4) is 0 Å². The third kappa shape index (κ3) is 2.92. The van der Waals surface area contributed by atoms with Crippen LogP contribution >= 0.6 is 27.3 Å². The molecular formula is C14H17BrN4OS. The molecule has 1 atom stereocenters. The second-order valence-electron chi connectivity index (χ2n) is 5.60. The first-order valence-corrected chi connectivity index (χ1v) is 8.86. The molecule has 1 saturated heterocycles. The van der Waals surface area contributed by atoms with Crippen molar-refractivity contribution in [1.82, 2.24) is 19.7 Å². The van der Waals surface area contributed by atoms with Crippen LogP contribution in [0.25, 0.3) is 0 Å². The van der Waals surface area contributed by atoms with E-state index < -0.39 is 0 Å². The van der Waals surface area contributed by atoms with Crippen molar-refractivity contribution in [2.45, 2.75) is 32.0 Å². The molecule has 4 rings (SSSR count). The fraction of sp³-hybridized carbons (Fsp3) is 0.571. The van der Waals surface area contributed by atoms with Gasteiger partial charge in [-0.15, -0.1) is 11.3 Å². The average Bonchev–Trinajstić information content (AvgIpc) is 3.17. The topological polar surface area (TPSA) is 43.2 Å². The minimum Gasteiger partial charge on any atom is -0.375 e. The Hall–Kier alpha value is -0.760. The molecule has 0 bridgehead atoms. The number of likely N-dealkylation sites (tertiary alicyclic amines) is 1. The molecule has 0 spiro atoms. The van der Waals surface area contributed by atoms with Crippen LogP contribution in [0.5, 0.6) is 0 Å². The minimum absolute atomic E-state index is 0.481. The fourth-order valence-electron chi connectivity index (χ4n) is 3.02. The molecule has 2 aliphatic rings. The Labute approximate surface area is 136 Å². The number of hydrogen-bond donors (Lipinski definition) is 0. The molecule has 21 heavy (non-hydrogen) atoms. The molecule has 112 valence electrons. The van der Waals surface area contributed by atoms with E-state index in [1.165, 1.54) is 15.6 Å². The summed E-state index contributed by atoms with van der Waals surface area (Å²) in [5.41, 5.74) is 1.26. The quantitative estimate of drug-likeness (QED) is 0.834. The summed E-state index contributed by atoms with van der Waals surface area (Å²) in [6.07, 6.45) is 6.04. The molecule has 2 aliphatic heterocycles. The maximum Gasteiger partial charge on any atom is 0.107 e. The fourth-order valence-corrected chi connectivity index (χ4v) is 4.42. The smallest absolute Gasteiger partial charge is 0.107 e. The minimum atomic E-state index is 0.481. The number of rotatable bonds is 3. The normalized spacial score (nSPS) is 22.6. The van der Waals surface area contributed by atoms with Gasteiger partial charge in [0.05, 0.1) is 47.0 Å². The van der Waals surface area contributed by atoms with Gasteiger partial charge in [0.15, 0.2) is 0 Å². The Morgan fingerprint density at radius 2 is 2.43 bits per heavy atom. The SMILES string of the molecule is Brc1cnn(C2CCN(Cc3nc4c(s3)COCC4)C2)c1. The van der Waals surface area contributed by atoms with Gasteiger partial charge in [-0.2, -0.15) is 5.10 Å². The predicted molar refractivity (Wildman–Crippen MR) is 84.3 cm³/mol. The maximum atomic E-state index is 5.50. The molecule has 0 radical (unpaired) electrons. The monoisotopic (exact) mass is 368 g/mol. The lowest BCUT2D eigenvalue weighted by molar-refractivity contribution is 0.112. The van der Waals surface area contributed by atoms with Gasteiger partial charge >= 0.3 is 0 Å². The van der Waals surface area contributed by atoms with Crippen LogP contribution in [0, 0.1) is 0 Å². The number of thiazole rings is 1. The average molecular weight is 369 g/mol. The molecule has 0 N–H and O–H groups in total. The standard InChI is InChI=1S/C14H17BrN4OS/c15-10-5-16-19(6-10)11-1-3-18(7-11)8-14-17-12-2-4-20-9-13(12)21-14/h5-6,11H,1-4,7-9H2. The number of nitrogens with zero attached hydrogens (tertiary/aromatic N) is 4. The van der Waals surface area contributed by atoms with Crippen molar-refractivity contribution < 1.29 is 4.74 Å². The molecule has 7 heteroatoms. The highest BCUT2D eigenvalue weighted by Crippen LogP contribution is 2.28. The molecule has 2 aromatic rings. The first kappa shape index (κ1) is 13.9. The molecule has 0 amide bonds. The molecule has 0 saturated carbocycles. The second-order valence-corrected chi connectivity index (χ2v) is 7.68. The number of hydrogen-bond acceptors (Lipinski definition) is 5. The highest BCUT2D eigenvalue weighted by molar-refractivity contribution is 9.10. The van der Waals surface area contributed by atoms with E-state index in [9.17, 15) is 0 Å². The van der Waals surface area contributed by atoms with E-state index in [1.807, 2.05) is 17.5 Å². The maximum absolute atomic E-state index is 5.50. The van der Waals surface area contributed by atoms with Gasteiger partial charge in [0.2, 0.25) is 0 Å². The van der Waals surface area contributed by atoms with E-state index in [1.54, 1.807) is 0 Å². The van der Waals surface area contributed by atoms with Crippen molar-refractivity contribution in [2.75, 3.05) is 19.7 Å². The summed E-state index contributed by atoms with van der Waals surface area (Å²) in [6.45, 7) is 4.68. The molecule has 4 heterocycles. The number of ether oxygens (including phenoxy) is 1. The molecule has 0 aromatic carbocycles. The van der Waals surface area contributed by atoms with E-state index in [2.05, 4.69) is 36.8 Å².